The summed E-state index contributed by atoms with van der Waals surface area (Å²) in [5.41, 5.74) is 2.99. The van der Waals surface area contributed by atoms with Crippen LogP contribution >= 0.6 is 0 Å². The van der Waals surface area contributed by atoms with E-state index in [9.17, 15) is 4.39 Å². The summed E-state index contributed by atoms with van der Waals surface area (Å²) in [7, 11) is 0. The van der Waals surface area contributed by atoms with Crippen LogP contribution in [-0.2, 0) is 4.74 Å². The highest BCUT2D eigenvalue weighted by molar-refractivity contribution is 5.12. The lowest BCUT2D eigenvalue weighted by Crippen LogP contribution is -2.35. The van der Waals surface area contributed by atoms with Crippen molar-refractivity contribution < 1.29 is 9.13 Å². The van der Waals surface area contributed by atoms with Gasteiger partial charge >= 0.3 is 0 Å². The Morgan fingerprint density at radius 1 is 1.67 bits per heavy atom. The summed E-state index contributed by atoms with van der Waals surface area (Å²) in [5.74, 6) is 5.31. The average Bonchev–Trinajstić information content (AvgIpc) is 2.75. The van der Waals surface area contributed by atoms with Crippen LogP contribution in [0, 0.1) is 11.7 Å². The number of nitrogens with one attached hydrogen (secondary N) is 1. The van der Waals surface area contributed by atoms with Gasteiger partial charge < -0.3 is 4.74 Å². The van der Waals surface area contributed by atoms with Gasteiger partial charge in [-0.3, -0.25) is 16.3 Å². The molecule has 0 radical (unpaired) electrons. The van der Waals surface area contributed by atoms with Crippen molar-refractivity contribution in [2.45, 2.75) is 12.5 Å². The van der Waals surface area contributed by atoms with Crippen molar-refractivity contribution in [1.29, 1.82) is 0 Å². The molecule has 2 rings (SSSR count). The Morgan fingerprint density at radius 3 is 3.13 bits per heavy atom. The molecular formula is C10H14FN3O. The van der Waals surface area contributed by atoms with Gasteiger partial charge in [-0.2, -0.15) is 0 Å². The molecule has 0 aliphatic carbocycles. The largest absolute Gasteiger partial charge is 0.381 e. The van der Waals surface area contributed by atoms with E-state index in [0.717, 1.165) is 6.42 Å². The SMILES string of the molecule is NNC(c1ncccc1F)C1CCOC1. The van der Waals surface area contributed by atoms with Gasteiger partial charge in [-0.1, -0.05) is 0 Å². The lowest BCUT2D eigenvalue weighted by Gasteiger charge is -2.20. The number of nitrogens with two attached hydrogens (primary N) is 1. The summed E-state index contributed by atoms with van der Waals surface area (Å²) < 4.78 is 18.7. The van der Waals surface area contributed by atoms with Crippen molar-refractivity contribution in [3.63, 3.8) is 0 Å². The van der Waals surface area contributed by atoms with E-state index in [1.54, 1.807) is 12.3 Å². The third-order valence-corrected chi connectivity index (χ3v) is 2.70. The van der Waals surface area contributed by atoms with Crippen LogP contribution < -0.4 is 11.3 Å². The molecule has 1 aromatic heterocycles. The molecule has 15 heavy (non-hydrogen) atoms. The van der Waals surface area contributed by atoms with Gasteiger partial charge in [-0.05, 0) is 18.6 Å². The fraction of sp³-hybridized carbons (Fsp3) is 0.500. The van der Waals surface area contributed by atoms with Crippen molar-refractivity contribution >= 4 is 0 Å². The molecule has 0 aromatic carbocycles. The number of nitrogens with zero attached hydrogens (tertiary/aromatic N) is 1. The Hall–Kier alpha value is -1.04. The maximum Gasteiger partial charge on any atom is 0.146 e. The highest BCUT2D eigenvalue weighted by atomic mass is 19.1. The summed E-state index contributed by atoms with van der Waals surface area (Å²) in [6.45, 7) is 1.31. The normalized spacial score (nSPS) is 22.9. The zero-order valence-corrected chi connectivity index (χ0v) is 8.32. The van der Waals surface area contributed by atoms with Gasteiger partial charge in [-0.25, -0.2) is 4.39 Å². The number of rotatable bonds is 3. The summed E-state index contributed by atoms with van der Waals surface area (Å²) >= 11 is 0. The third-order valence-electron chi connectivity index (χ3n) is 2.70. The van der Waals surface area contributed by atoms with Crippen molar-refractivity contribution in [1.82, 2.24) is 10.4 Å². The standard InChI is InChI=1S/C10H14FN3O/c11-8-2-1-4-13-10(8)9(14-12)7-3-5-15-6-7/h1-2,4,7,9,14H,3,5-6,12H2. The van der Waals surface area contributed by atoms with E-state index >= 15 is 0 Å². The quantitative estimate of drug-likeness (QED) is 0.572. The summed E-state index contributed by atoms with van der Waals surface area (Å²) in [6, 6.07) is 2.69. The highest BCUT2D eigenvalue weighted by Crippen LogP contribution is 2.28. The molecule has 82 valence electrons. The number of hydrogen-bond acceptors (Lipinski definition) is 4. The number of halogens is 1. The Morgan fingerprint density at radius 2 is 2.53 bits per heavy atom. The second-order valence-electron chi connectivity index (χ2n) is 3.64. The van der Waals surface area contributed by atoms with Gasteiger partial charge in [-0.15, -0.1) is 0 Å². The van der Waals surface area contributed by atoms with Crippen LogP contribution in [0.5, 0.6) is 0 Å². The van der Waals surface area contributed by atoms with Crippen LogP contribution in [0.3, 0.4) is 0 Å². The Kier molecular flexibility index (Phi) is 3.25. The zero-order chi connectivity index (χ0) is 10.7. The fourth-order valence-electron chi connectivity index (χ4n) is 1.88. The first-order valence-corrected chi connectivity index (χ1v) is 4.97. The van der Waals surface area contributed by atoms with Gasteiger partial charge in [0, 0.05) is 18.7 Å². The summed E-state index contributed by atoms with van der Waals surface area (Å²) in [6.07, 6.45) is 2.45. The van der Waals surface area contributed by atoms with E-state index in [4.69, 9.17) is 10.6 Å². The highest BCUT2D eigenvalue weighted by Gasteiger charge is 2.28. The van der Waals surface area contributed by atoms with Crippen molar-refractivity contribution in [3.8, 4) is 0 Å². The molecule has 1 aliphatic heterocycles. The van der Waals surface area contributed by atoms with E-state index in [1.807, 2.05) is 0 Å². The van der Waals surface area contributed by atoms with E-state index in [-0.39, 0.29) is 17.8 Å². The molecule has 5 heteroatoms. The molecule has 1 saturated heterocycles. The second-order valence-corrected chi connectivity index (χ2v) is 3.64. The summed E-state index contributed by atoms with van der Waals surface area (Å²) in [4.78, 5) is 4.02. The minimum absolute atomic E-state index is 0.194. The first kappa shape index (κ1) is 10.5. The van der Waals surface area contributed by atoms with Gasteiger partial charge in [0.2, 0.25) is 0 Å². The lowest BCUT2D eigenvalue weighted by molar-refractivity contribution is 0.175. The number of aromatic nitrogens is 1. The molecule has 1 aromatic rings. The first-order chi connectivity index (χ1) is 7.33. The molecule has 1 fully saturated rings. The molecular weight excluding hydrogens is 197 g/mol. The number of hydrogen-bond donors (Lipinski definition) is 2. The predicted octanol–water partition coefficient (Wildman–Crippen LogP) is 0.762. The molecule has 2 unspecified atom stereocenters. The van der Waals surface area contributed by atoms with Gasteiger partial charge in [0.15, 0.2) is 0 Å². The zero-order valence-electron chi connectivity index (χ0n) is 8.32. The van der Waals surface area contributed by atoms with Crippen LogP contribution in [0.15, 0.2) is 18.3 Å². The first-order valence-electron chi connectivity index (χ1n) is 4.97. The van der Waals surface area contributed by atoms with Gasteiger partial charge in [0.1, 0.15) is 5.82 Å². The molecule has 0 spiro atoms. The Labute approximate surface area is 87.6 Å². The van der Waals surface area contributed by atoms with Crippen molar-refractivity contribution in [2.24, 2.45) is 11.8 Å². The van der Waals surface area contributed by atoms with E-state index in [0.29, 0.717) is 18.9 Å². The van der Waals surface area contributed by atoms with Crippen molar-refractivity contribution in [3.05, 3.63) is 29.8 Å². The minimum Gasteiger partial charge on any atom is -0.381 e. The van der Waals surface area contributed by atoms with Gasteiger partial charge in [0.05, 0.1) is 18.3 Å². The molecule has 2 atom stereocenters. The summed E-state index contributed by atoms with van der Waals surface area (Å²) in [5, 5.41) is 0. The smallest absolute Gasteiger partial charge is 0.146 e. The van der Waals surface area contributed by atoms with E-state index in [2.05, 4.69) is 10.4 Å². The molecule has 0 amide bonds. The monoisotopic (exact) mass is 211 g/mol. The molecule has 4 nitrogen and oxygen atoms in total. The van der Waals surface area contributed by atoms with E-state index in [1.165, 1.54) is 6.07 Å². The van der Waals surface area contributed by atoms with Crippen LogP contribution in [0.2, 0.25) is 0 Å². The van der Waals surface area contributed by atoms with Crippen molar-refractivity contribution in [2.75, 3.05) is 13.2 Å². The van der Waals surface area contributed by atoms with Crippen LogP contribution in [0.4, 0.5) is 4.39 Å². The fourth-order valence-corrected chi connectivity index (χ4v) is 1.88. The lowest BCUT2D eigenvalue weighted by atomic mass is 9.96. The molecule has 1 aliphatic rings. The molecule has 0 saturated carbocycles. The van der Waals surface area contributed by atoms with E-state index < -0.39 is 0 Å². The Bertz CT molecular complexity index is 328. The third kappa shape index (κ3) is 2.14. The topological polar surface area (TPSA) is 60.2 Å². The average molecular weight is 211 g/mol. The molecule has 0 bridgehead atoms. The molecule has 2 heterocycles. The number of hydrazine groups is 1. The Balaban J connectivity index is 2.22. The van der Waals surface area contributed by atoms with Crippen LogP contribution in [0.25, 0.3) is 0 Å². The maximum atomic E-state index is 13.5. The molecule has 3 N–H and O–H groups in total. The predicted molar refractivity (Wildman–Crippen MR) is 53.2 cm³/mol. The van der Waals surface area contributed by atoms with Crippen LogP contribution in [-0.4, -0.2) is 18.2 Å². The van der Waals surface area contributed by atoms with Crippen LogP contribution in [0.1, 0.15) is 18.2 Å². The minimum atomic E-state index is -0.327. The maximum absolute atomic E-state index is 13.5. The van der Waals surface area contributed by atoms with Gasteiger partial charge in [0.25, 0.3) is 0 Å². The number of pyridine rings is 1. The number of ether oxygens (including phenoxy) is 1. The second kappa shape index (κ2) is 4.65.